The third kappa shape index (κ3) is 3.81. The highest BCUT2D eigenvalue weighted by molar-refractivity contribution is 6.00. The highest BCUT2D eigenvalue weighted by atomic mass is 16.2. The van der Waals surface area contributed by atoms with E-state index in [1.165, 1.54) is 5.56 Å². The lowest BCUT2D eigenvalue weighted by molar-refractivity contribution is -0.136. The van der Waals surface area contributed by atoms with E-state index in [1.807, 2.05) is 36.9 Å². The van der Waals surface area contributed by atoms with Gasteiger partial charge in [-0.25, -0.2) is 0 Å². The van der Waals surface area contributed by atoms with Gasteiger partial charge in [-0.15, -0.1) is 0 Å². The van der Waals surface area contributed by atoms with Gasteiger partial charge in [0.25, 0.3) is 5.91 Å². The van der Waals surface area contributed by atoms with Crippen LogP contribution < -0.4 is 10.6 Å². The smallest absolute Gasteiger partial charge is 0.269 e. The van der Waals surface area contributed by atoms with E-state index < -0.39 is 5.91 Å². The fourth-order valence-electron chi connectivity index (χ4n) is 4.36. The number of carbonyl (C=O) groups is 3. The van der Waals surface area contributed by atoms with Crippen LogP contribution in [0.1, 0.15) is 52.5 Å². The van der Waals surface area contributed by atoms with Crippen molar-refractivity contribution >= 4 is 23.4 Å². The number of aromatic nitrogens is 2. The van der Waals surface area contributed by atoms with E-state index in [1.54, 1.807) is 11.0 Å². The minimum atomic E-state index is -0.552. The molecule has 0 aliphatic carbocycles. The van der Waals surface area contributed by atoms with E-state index in [2.05, 4.69) is 10.2 Å². The first-order valence-electron chi connectivity index (χ1n) is 10.3. The van der Waals surface area contributed by atoms with Crippen molar-refractivity contribution in [3.8, 4) is 0 Å². The van der Waals surface area contributed by atoms with Crippen molar-refractivity contribution in [2.45, 2.75) is 39.0 Å². The van der Waals surface area contributed by atoms with Gasteiger partial charge in [0.2, 0.25) is 11.8 Å². The number of rotatable bonds is 4. The quantitative estimate of drug-likeness (QED) is 0.803. The summed E-state index contributed by atoms with van der Waals surface area (Å²) in [5, 5.41) is 6.83. The van der Waals surface area contributed by atoms with Crippen molar-refractivity contribution in [1.29, 1.82) is 0 Å². The van der Waals surface area contributed by atoms with Crippen LogP contribution >= 0.6 is 0 Å². The van der Waals surface area contributed by atoms with Crippen LogP contribution in [0.5, 0.6) is 0 Å². The molecule has 1 aromatic heterocycles. The van der Waals surface area contributed by atoms with Gasteiger partial charge in [-0.3, -0.25) is 19.5 Å². The SMILES string of the molecule is Cc1ccc(N2CC(C(=O)N3CCC(c4cc(C(N)=O)n[nH]4)CC3)CC2=O)cc1C. The molecule has 3 heterocycles. The molecule has 0 bridgehead atoms. The predicted octanol–water partition coefficient (Wildman–Crippen LogP) is 1.88. The molecule has 8 nitrogen and oxygen atoms in total. The largest absolute Gasteiger partial charge is 0.364 e. The van der Waals surface area contributed by atoms with Crippen LogP contribution in [0.15, 0.2) is 24.3 Å². The molecule has 2 aromatic rings. The predicted molar refractivity (Wildman–Crippen MR) is 112 cm³/mol. The van der Waals surface area contributed by atoms with Gasteiger partial charge in [-0.05, 0) is 56.0 Å². The summed E-state index contributed by atoms with van der Waals surface area (Å²) in [5.41, 5.74) is 9.56. The minimum Gasteiger partial charge on any atom is -0.364 e. The Kier molecular flexibility index (Phi) is 5.32. The number of nitrogens with zero attached hydrogens (tertiary/aromatic N) is 3. The highest BCUT2D eigenvalue weighted by Crippen LogP contribution is 2.31. The molecule has 158 valence electrons. The number of aromatic amines is 1. The van der Waals surface area contributed by atoms with Crippen LogP contribution in [-0.2, 0) is 9.59 Å². The second-order valence-corrected chi connectivity index (χ2v) is 8.35. The third-order valence-corrected chi connectivity index (χ3v) is 6.37. The molecule has 2 aliphatic heterocycles. The van der Waals surface area contributed by atoms with Gasteiger partial charge in [-0.1, -0.05) is 6.07 Å². The van der Waals surface area contributed by atoms with Gasteiger partial charge in [0.1, 0.15) is 5.69 Å². The van der Waals surface area contributed by atoms with Crippen molar-refractivity contribution in [3.05, 3.63) is 46.8 Å². The van der Waals surface area contributed by atoms with Crippen LogP contribution in [-0.4, -0.2) is 52.5 Å². The molecular formula is C22H27N5O3. The zero-order valence-corrected chi connectivity index (χ0v) is 17.4. The lowest BCUT2D eigenvalue weighted by atomic mass is 9.92. The monoisotopic (exact) mass is 409 g/mol. The highest BCUT2D eigenvalue weighted by Gasteiger charge is 2.38. The zero-order valence-electron chi connectivity index (χ0n) is 17.4. The Balaban J connectivity index is 1.36. The van der Waals surface area contributed by atoms with Crippen molar-refractivity contribution in [1.82, 2.24) is 15.1 Å². The molecule has 3 amide bonds. The molecule has 2 saturated heterocycles. The van der Waals surface area contributed by atoms with Gasteiger partial charge < -0.3 is 15.5 Å². The number of primary amides is 1. The van der Waals surface area contributed by atoms with E-state index in [0.29, 0.717) is 19.6 Å². The number of amides is 3. The zero-order chi connectivity index (χ0) is 21.4. The number of piperidine rings is 1. The van der Waals surface area contributed by atoms with E-state index in [0.717, 1.165) is 29.8 Å². The number of nitrogens with two attached hydrogens (primary N) is 1. The fraction of sp³-hybridized carbons (Fsp3) is 0.455. The van der Waals surface area contributed by atoms with Gasteiger partial charge in [-0.2, -0.15) is 5.10 Å². The lowest BCUT2D eigenvalue weighted by Crippen LogP contribution is -2.42. The number of likely N-dealkylation sites (tertiary alicyclic amines) is 1. The van der Waals surface area contributed by atoms with E-state index in [-0.39, 0.29) is 35.8 Å². The van der Waals surface area contributed by atoms with E-state index >= 15 is 0 Å². The maximum absolute atomic E-state index is 13.0. The number of H-pyrrole nitrogens is 1. The van der Waals surface area contributed by atoms with Gasteiger partial charge >= 0.3 is 0 Å². The van der Waals surface area contributed by atoms with Crippen LogP contribution in [0, 0.1) is 19.8 Å². The number of hydrogen-bond donors (Lipinski definition) is 2. The van der Waals surface area contributed by atoms with Gasteiger partial charge in [0.05, 0.1) is 5.92 Å². The number of hydrogen-bond acceptors (Lipinski definition) is 4. The average molecular weight is 409 g/mol. The first-order chi connectivity index (χ1) is 14.3. The molecule has 0 radical (unpaired) electrons. The Labute approximate surface area is 175 Å². The van der Waals surface area contributed by atoms with Gasteiger partial charge in [0, 0.05) is 43.4 Å². The van der Waals surface area contributed by atoms with Crippen LogP contribution in [0.4, 0.5) is 5.69 Å². The molecule has 1 unspecified atom stereocenters. The van der Waals surface area contributed by atoms with Crippen LogP contribution in [0.3, 0.4) is 0 Å². The molecule has 3 N–H and O–H groups in total. The number of benzene rings is 1. The van der Waals surface area contributed by atoms with Crippen molar-refractivity contribution in [2.24, 2.45) is 11.7 Å². The maximum atomic E-state index is 13.0. The Morgan fingerprint density at radius 3 is 2.50 bits per heavy atom. The van der Waals surface area contributed by atoms with E-state index in [9.17, 15) is 14.4 Å². The minimum absolute atomic E-state index is 0.00271. The number of anilines is 1. The topological polar surface area (TPSA) is 112 Å². The second-order valence-electron chi connectivity index (χ2n) is 8.35. The number of aryl methyl sites for hydroxylation is 2. The molecule has 8 heteroatoms. The Hall–Kier alpha value is -3.16. The summed E-state index contributed by atoms with van der Waals surface area (Å²) in [4.78, 5) is 40.4. The standard InChI is InChI=1S/C22H27N5O3/c1-13-3-4-17(9-14(13)2)27-12-16(10-20(27)28)22(30)26-7-5-15(6-8-26)18-11-19(21(23)29)25-24-18/h3-4,9,11,15-16H,5-8,10,12H2,1-2H3,(H2,23,29)(H,24,25). The molecule has 1 atom stereocenters. The first kappa shape index (κ1) is 20.1. The summed E-state index contributed by atoms with van der Waals surface area (Å²) in [6.45, 7) is 5.76. The maximum Gasteiger partial charge on any atom is 0.269 e. The molecule has 0 spiro atoms. The number of carbonyl (C=O) groups excluding carboxylic acids is 3. The van der Waals surface area contributed by atoms with Gasteiger partial charge in [0.15, 0.2) is 0 Å². The van der Waals surface area contributed by atoms with Crippen molar-refractivity contribution < 1.29 is 14.4 Å². The summed E-state index contributed by atoms with van der Waals surface area (Å²) >= 11 is 0. The fourth-order valence-corrected chi connectivity index (χ4v) is 4.36. The van der Waals surface area contributed by atoms with Crippen LogP contribution in [0.2, 0.25) is 0 Å². The Bertz CT molecular complexity index is 990. The molecule has 0 saturated carbocycles. The molecular weight excluding hydrogens is 382 g/mol. The summed E-state index contributed by atoms with van der Waals surface area (Å²) in [6, 6.07) is 7.66. The molecule has 30 heavy (non-hydrogen) atoms. The Morgan fingerprint density at radius 1 is 1.13 bits per heavy atom. The third-order valence-electron chi connectivity index (χ3n) is 6.37. The number of nitrogens with one attached hydrogen (secondary N) is 1. The average Bonchev–Trinajstić information content (AvgIpc) is 3.37. The normalized spacial score (nSPS) is 20.1. The second kappa shape index (κ2) is 7.93. The molecule has 4 rings (SSSR count). The van der Waals surface area contributed by atoms with Crippen molar-refractivity contribution in [2.75, 3.05) is 24.5 Å². The molecule has 1 aromatic carbocycles. The first-order valence-corrected chi connectivity index (χ1v) is 10.3. The molecule has 2 aliphatic rings. The van der Waals surface area contributed by atoms with Crippen LogP contribution in [0.25, 0.3) is 0 Å². The summed E-state index contributed by atoms with van der Waals surface area (Å²) < 4.78 is 0. The Morgan fingerprint density at radius 2 is 1.87 bits per heavy atom. The lowest BCUT2D eigenvalue weighted by Gasteiger charge is -2.33. The summed E-state index contributed by atoms with van der Waals surface area (Å²) in [5.74, 6) is -0.584. The molecule has 2 fully saturated rings. The summed E-state index contributed by atoms with van der Waals surface area (Å²) in [7, 11) is 0. The van der Waals surface area contributed by atoms with Crippen molar-refractivity contribution in [3.63, 3.8) is 0 Å². The summed E-state index contributed by atoms with van der Waals surface area (Å²) in [6.07, 6.45) is 1.83. The van der Waals surface area contributed by atoms with E-state index in [4.69, 9.17) is 5.73 Å².